The van der Waals surface area contributed by atoms with Crippen LogP contribution < -0.4 is 5.06 Å². The van der Waals surface area contributed by atoms with Crippen LogP contribution in [0, 0.1) is 12.8 Å². The van der Waals surface area contributed by atoms with Gasteiger partial charge in [-0.05, 0) is 30.0 Å². The fourth-order valence-corrected chi connectivity index (χ4v) is 4.17. The standard InChI is InChI=1S/C17H16N2O3S/c1-10-6-3-4-7-11(10)19-14(12-8-5-9-23-12)13-15(22-19)17(21)18(2)16(13)20/h3-9,13-15H,1-2H3/t13-,14+,15+/m1/s1. The highest BCUT2D eigenvalue weighted by Gasteiger charge is 2.59. The summed E-state index contributed by atoms with van der Waals surface area (Å²) in [7, 11) is 1.52. The van der Waals surface area contributed by atoms with Gasteiger partial charge >= 0.3 is 0 Å². The molecule has 1 aromatic carbocycles. The summed E-state index contributed by atoms with van der Waals surface area (Å²) in [6.07, 6.45) is -0.737. The van der Waals surface area contributed by atoms with E-state index in [1.54, 1.807) is 16.4 Å². The topological polar surface area (TPSA) is 49.9 Å². The first-order valence-corrected chi connectivity index (χ1v) is 8.34. The number of fused-ring (bicyclic) bond motifs is 1. The van der Waals surface area contributed by atoms with Crippen molar-refractivity contribution in [1.82, 2.24) is 4.90 Å². The van der Waals surface area contributed by atoms with E-state index in [0.717, 1.165) is 16.1 Å². The average molecular weight is 328 g/mol. The molecule has 2 saturated heterocycles. The molecule has 2 aromatic rings. The zero-order valence-corrected chi connectivity index (χ0v) is 13.6. The number of anilines is 1. The number of carbonyl (C=O) groups is 2. The highest BCUT2D eigenvalue weighted by molar-refractivity contribution is 7.10. The Kier molecular flexibility index (Phi) is 3.25. The number of benzene rings is 1. The second kappa shape index (κ2) is 5.18. The van der Waals surface area contributed by atoms with Gasteiger partial charge in [0.25, 0.3) is 5.91 Å². The summed E-state index contributed by atoms with van der Waals surface area (Å²) in [5, 5.41) is 3.73. The molecule has 2 amide bonds. The number of hydrogen-bond donors (Lipinski definition) is 0. The number of aryl methyl sites for hydroxylation is 1. The number of nitrogens with zero attached hydrogens (tertiary/aromatic N) is 2. The van der Waals surface area contributed by atoms with E-state index < -0.39 is 12.0 Å². The van der Waals surface area contributed by atoms with Crippen molar-refractivity contribution in [3.8, 4) is 0 Å². The SMILES string of the molecule is Cc1ccccc1N1O[C@@H]2C(=O)N(C)C(=O)[C@@H]2[C@@H]1c1cccs1. The number of carbonyl (C=O) groups excluding carboxylic acids is 2. The monoisotopic (exact) mass is 328 g/mol. The predicted molar refractivity (Wildman–Crippen MR) is 86.9 cm³/mol. The Balaban J connectivity index is 1.83. The first-order valence-electron chi connectivity index (χ1n) is 7.46. The Hall–Kier alpha value is -2.18. The van der Waals surface area contributed by atoms with E-state index >= 15 is 0 Å². The number of hydrogen-bond acceptors (Lipinski definition) is 5. The molecule has 2 fully saturated rings. The first-order chi connectivity index (χ1) is 11.1. The minimum atomic E-state index is -0.737. The van der Waals surface area contributed by atoms with Gasteiger partial charge in [-0.3, -0.25) is 19.3 Å². The van der Waals surface area contributed by atoms with E-state index in [-0.39, 0.29) is 17.9 Å². The molecular formula is C17H16N2O3S. The summed E-state index contributed by atoms with van der Waals surface area (Å²) < 4.78 is 0. The smallest absolute Gasteiger partial charge is 0.261 e. The molecule has 1 aromatic heterocycles. The Bertz CT molecular complexity index is 774. The van der Waals surface area contributed by atoms with Crippen LogP contribution in [0.4, 0.5) is 5.69 Å². The third kappa shape index (κ3) is 2.02. The number of thiophene rings is 1. The van der Waals surface area contributed by atoms with Crippen molar-refractivity contribution in [3.63, 3.8) is 0 Å². The largest absolute Gasteiger partial charge is 0.283 e. The van der Waals surface area contributed by atoms with Crippen molar-refractivity contribution >= 4 is 28.8 Å². The van der Waals surface area contributed by atoms with Gasteiger partial charge in [0.2, 0.25) is 5.91 Å². The van der Waals surface area contributed by atoms with Gasteiger partial charge in [-0.1, -0.05) is 24.3 Å². The minimum Gasteiger partial charge on any atom is -0.283 e. The molecule has 2 aliphatic heterocycles. The van der Waals surface area contributed by atoms with Gasteiger partial charge in [0.15, 0.2) is 6.10 Å². The van der Waals surface area contributed by atoms with E-state index in [9.17, 15) is 9.59 Å². The lowest BCUT2D eigenvalue weighted by Crippen LogP contribution is -2.34. The van der Waals surface area contributed by atoms with Crippen molar-refractivity contribution < 1.29 is 14.4 Å². The molecule has 3 atom stereocenters. The van der Waals surface area contributed by atoms with Gasteiger partial charge in [-0.15, -0.1) is 11.3 Å². The zero-order chi connectivity index (χ0) is 16.1. The lowest BCUT2D eigenvalue weighted by Gasteiger charge is -2.28. The van der Waals surface area contributed by atoms with Crippen molar-refractivity contribution in [2.75, 3.05) is 12.1 Å². The van der Waals surface area contributed by atoms with Crippen LogP contribution in [0.25, 0.3) is 0 Å². The van der Waals surface area contributed by atoms with Crippen molar-refractivity contribution in [3.05, 3.63) is 52.2 Å². The number of imide groups is 1. The van der Waals surface area contributed by atoms with Crippen LogP contribution in [0.15, 0.2) is 41.8 Å². The minimum absolute atomic E-state index is 0.172. The maximum absolute atomic E-state index is 12.6. The van der Waals surface area contributed by atoms with Gasteiger partial charge in [0, 0.05) is 11.9 Å². The van der Waals surface area contributed by atoms with Crippen LogP contribution in [0.2, 0.25) is 0 Å². The molecule has 0 N–H and O–H groups in total. The quantitative estimate of drug-likeness (QED) is 0.795. The fraction of sp³-hybridized carbons (Fsp3) is 0.294. The third-order valence-electron chi connectivity index (χ3n) is 4.52. The van der Waals surface area contributed by atoms with Crippen molar-refractivity contribution in [2.24, 2.45) is 5.92 Å². The van der Waals surface area contributed by atoms with Crippen LogP contribution in [-0.4, -0.2) is 29.9 Å². The number of rotatable bonds is 2. The summed E-state index contributed by atoms with van der Waals surface area (Å²) >= 11 is 1.57. The molecule has 5 nitrogen and oxygen atoms in total. The van der Waals surface area contributed by atoms with Crippen LogP contribution in [-0.2, 0) is 14.4 Å². The third-order valence-corrected chi connectivity index (χ3v) is 5.47. The highest BCUT2D eigenvalue weighted by atomic mass is 32.1. The van der Waals surface area contributed by atoms with Crippen LogP contribution in [0.1, 0.15) is 16.5 Å². The van der Waals surface area contributed by atoms with E-state index in [1.165, 1.54) is 11.9 Å². The Morgan fingerprint density at radius 1 is 1.09 bits per heavy atom. The molecule has 0 saturated carbocycles. The molecule has 4 rings (SSSR count). The second-order valence-electron chi connectivity index (χ2n) is 5.86. The van der Waals surface area contributed by atoms with E-state index in [0.29, 0.717) is 0 Å². The molecule has 0 bridgehead atoms. The average Bonchev–Trinajstić information content (AvgIpc) is 3.23. The van der Waals surface area contributed by atoms with E-state index in [2.05, 4.69) is 0 Å². The molecule has 0 unspecified atom stereocenters. The van der Waals surface area contributed by atoms with Crippen LogP contribution >= 0.6 is 11.3 Å². The van der Waals surface area contributed by atoms with Crippen molar-refractivity contribution in [2.45, 2.75) is 19.1 Å². The zero-order valence-electron chi connectivity index (χ0n) is 12.8. The van der Waals surface area contributed by atoms with Gasteiger partial charge in [-0.2, -0.15) is 0 Å². The van der Waals surface area contributed by atoms with E-state index in [4.69, 9.17) is 4.84 Å². The normalized spacial score (nSPS) is 27.0. The van der Waals surface area contributed by atoms with Gasteiger partial charge in [-0.25, -0.2) is 5.06 Å². The van der Waals surface area contributed by atoms with Crippen LogP contribution in [0.5, 0.6) is 0 Å². The second-order valence-corrected chi connectivity index (χ2v) is 6.84. The number of likely N-dealkylation sites (tertiary alicyclic amines) is 1. The molecule has 23 heavy (non-hydrogen) atoms. The van der Waals surface area contributed by atoms with Crippen LogP contribution in [0.3, 0.4) is 0 Å². The van der Waals surface area contributed by atoms with Crippen molar-refractivity contribution in [1.29, 1.82) is 0 Å². The Morgan fingerprint density at radius 2 is 1.87 bits per heavy atom. The summed E-state index contributed by atoms with van der Waals surface area (Å²) in [5.74, 6) is -0.933. The van der Waals surface area contributed by atoms with E-state index in [1.807, 2.05) is 48.7 Å². The molecule has 6 heteroatoms. The van der Waals surface area contributed by atoms with Gasteiger partial charge in [0.05, 0.1) is 5.69 Å². The molecule has 0 radical (unpaired) electrons. The maximum atomic E-state index is 12.6. The highest BCUT2D eigenvalue weighted by Crippen LogP contribution is 2.47. The molecule has 118 valence electrons. The molecule has 3 heterocycles. The van der Waals surface area contributed by atoms with Gasteiger partial charge in [0.1, 0.15) is 12.0 Å². The lowest BCUT2D eigenvalue weighted by molar-refractivity contribution is -0.141. The maximum Gasteiger partial charge on any atom is 0.261 e. The number of amides is 2. The number of likely N-dealkylation sites (N-methyl/N-ethyl adjacent to an activating group) is 1. The summed E-state index contributed by atoms with van der Waals surface area (Å²) in [6, 6.07) is 11.5. The molecule has 2 aliphatic rings. The summed E-state index contributed by atoms with van der Waals surface area (Å²) in [4.78, 5) is 33.1. The number of para-hydroxylation sites is 1. The Morgan fingerprint density at radius 3 is 2.57 bits per heavy atom. The lowest BCUT2D eigenvalue weighted by atomic mass is 9.95. The predicted octanol–water partition coefficient (Wildman–Crippen LogP) is 2.53. The Labute approximate surface area is 138 Å². The first kappa shape index (κ1) is 14.4. The molecular weight excluding hydrogens is 312 g/mol. The fourth-order valence-electron chi connectivity index (χ4n) is 3.32. The molecule has 0 spiro atoms. The summed E-state index contributed by atoms with van der Waals surface area (Å²) in [6.45, 7) is 1.99. The van der Waals surface area contributed by atoms with Gasteiger partial charge < -0.3 is 0 Å². The summed E-state index contributed by atoms with van der Waals surface area (Å²) in [5.41, 5.74) is 1.94. The number of hydroxylamine groups is 1. The molecule has 0 aliphatic carbocycles.